The van der Waals surface area contributed by atoms with E-state index in [0.717, 1.165) is 10.4 Å². The van der Waals surface area contributed by atoms with E-state index in [1.165, 1.54) is 0 Å². The molecule has 1 atom stereocenters. The van der Waals surface area contributed by atoms with Crippen molar-refractivity contribution in [3.05, 3.63) is 66.2 Å². The van der Waals surface area contributed by atoms with E-state index in [-0.39, 0.29) is 30.1 Å². The Morgan fingerprint density at radius 1 is 0.939 bits per heavy atom. The van der Waals surface area contributed by atoms with Gasteiger partial charge in [-0.1, -0.05) is 81.4 Å². The zero-order valence-electron chi connectivity index (χ0n) is 20.6. The molecule has 0 spiro atoms. The van der Waals surface area contributed by atoms with Crippen molar-refractivity contribution in [2.75, 3.05) is 6.61 Å². The van der Waals surface area contributed by atoms with Gasteiger partial charge in [-0.2, -0.15) is 0 Å². The molecule has 5 nitrogen and oxygen atoms in total. The Hall–Kier alpha value is -2.50. The average molecular weight is 469 g/mol. The molecule has 0 aliphatic heterocycles. The molecule has 0 radical (unpaired) electrons. The highest BCUT2D eigenvalue weighted by Gasteiger charge is 2.50. The molecule has 0 aliphatic carbocycles. The largest absolute Gasteiger partial charge is 0.460 e. The number of carbonyl (C=O) groups excluding carboxylic acids is 2. The Labute approximate surface area is 198 Å². The molecule has 6 heteroatoms. The van der Waals surface area contributed by atoms with Crippen LogP contribution in [-0.2, 0) is 18.8 Å². The number of hydrogen-bond donors (Lipinski definition) is 1. The van der Waals surface area contributed by atoms with Gasteiger partial charge in [0.05, 0.1) is 19.1 Å². The monoisotopic (exact) mass is 468 g/mol. The van der Waals surface area contributed by atoms with E-state index in [2.05, 4.69) is 45.0 Å². The van der Waals surface area contributed by atoms with Crippen molar-refractivity contribution in [3.63, 3.8) is 0 Å². The highest BCUT2D eigenvalue weighted by Crippen LogP contribution is 2.37. The molecule has 0 saturated carbocycles. The van der Waals surface area contributed by atoms with Crippen LogP contribution in [-0.4, -0.2) is 43.6 Å². The minimum atomic E-state index is -2.80. The first-order chi connectivity index (χ1) is 15.4. The van der Waals surface area contributed by atoms with Crippen LogP contribution in [0.5, 0.6) is 0 Å². The fourth-order valence-corrected chi connectivity index (χ4v) is 8.63. The van der Waals surface area contributed by atoms with Crippen LogP contribution in [0.1, 0.15) is 54.4 Å². The van der Waals surface area contributed by atoms with Crippen LogP contribution in [0.25, 0.3) is 0 Å². The quantitative estimate of drug-likeness (QED) is 0.344. The summed E-state index contributed by atoms with van der Waals surface area (Å²) in [4.78, 5) is 23.5. The summed E-state index contributed by atoms with van der Waals surface area (Å²) in [6.07, 6.45) is -1.15. The molecule has 0 bridgehead atoms. The van der Waals surface area contributed by atoms with Crippen molar-refractivity contribution in [1.82, 2.24) is 0 Å². The number of ether oxygens (including phenoxy) is 1. The minimum absolute atomic E-state index is 0.000938. The molecule has 0 saturated heterocycles. The summed E-state index contributed by atoms with van der Waals surface area (Å²) in [6, 6.07) is 20.3. The maximum atomic E-state index is 12.1. The third kappa shape index (κ3) is 7.24. The SMILES string of the molecule is CC(C)(C)OC(=O)CC(=C=O)CC(O)CO[Si](c1ccccc1)(c1ccccc1)C(C)(C)C. The van der Waals surface area contributed by atoms with Crippen molar-refractivity contribution in [2.45, 2.75) is 71.1 Å². The van der Waals surface area contributed by atoms with E-state index in [4.69, 9.17) is 9.16 Å². The van der Waals surface area contributed by atoms with Crippen LogP contribution in [0, 0.1) is 0 Å². The number of rotatable bonds is 9. The third-order valence-electron chi connectivity index (χ3n) is 5.31. The van der Waals surface area contributed by atoms with Crippen LogP contribution in [0.15, 0.2) is 66.2 Å². The summed E-state index contributed by atoms with van der Waals surface area (Å²) < 4.78 is 12.0. The molecular weight excluding hydrogens is 432 g/mol. The van der Waals surface area contributed by atoms with Gasteiger partial charge in [-0.3, -0.25) is 4.79 Å². The van der Waals surface area contributed by atoms with Crippen molar-refractivity contribution in [3.8, 4) is 0 Å². The summed E-state index contributed by atoms with van der Waals surface area (Å²) in [6.45, 7) is 11.8. The van der Waals surface area contributed by atoms with Gasteiger partial charge < -0.3 is 14.3 Å². The van der Waals surface area contributed by atoms with Crippen LogP contribution in [0.4, 0.5) is 0 Å². The molecular formula is C27H36O5Si. The zero-order chi connectivity index (χ0) is 24.7. The number of esters is 1. The molecule has 0 fully saturated rings. The first kappa shape index (κ1) is 26.7. The smallest absolute Gasteiger partial charge is 0.311 e. The predicted octanol–water partition coefficient (Wildman–Crippen LogP) is 3.80. The lowest BCUT2D eigenvalue weighted by Crippen LogP contribution is -2.67. The van der Waals surface area contributed by atoms with Gasteiger partial charge in [0.15, 0.2) is 0 Å². The van der Waals surface area contributed by atoms with Gasteiger partial charge in [0, 0.05) is 12.0 Å². The Bertz CT molecular complexity index is 912. The second kappa shape index (κ2) is 11.1. The Morgan fingerprint density at radius 2 is 1.42 bits per heavy atom. The second-order valence-electron chi connectivity index (χ2n) is 10.3. The van der Waals surface area contributed by atoms with Gasteiger partial charge in [-0.15, -0.1) is 0 Å². The lowest BCUT2D eigenvalue weighted by Gasteiger charge is -2.43. The predicted molar refractivity (Wildman–Crippen MR) is 134 cm³/mol. The molecule has 178 valence electrons. The van der Waals surface area contributed by atoms with Gasteiger partial charge in [-0.05, 0) is 36.2 Å². The Balaban J connectivity index is 2.26. The van der Waals surface area contributed by atoms with Gasteiger partial charge in [-0.25, -0.2) is 4.79 Å². The lowest BCUT2D eigenvalue weighted by atomic mass is 10.1. The first-order valence-corrected chi connectivity index (χ1v) is 13.2. The van der Waals surface area contributed by atoms with Gasteiger partial charge in [0.25, 0.3) is 8.32 Å². The maximum absolute atomic E-state index is 12.1. The summed E-state index contributed by atoms with van der Waals surface area (Å²) in [5, 5.41) is 12.8. The van der Waals surface area contributed by atoms with E-state index in [1.54, 1.807) is 26.7 Å². The number of carbonyl (C=O) groups is 1. The molecule has 0 aliphatic rings. The van der Waals surface area contributed by atoms with Crippen LogP contribution in [0.2, 0.25) is 5.04 Å². The van der Waals surface area contributed by atoms with E-state index in [1.807, 2.05) is 36.4 Å². The average Bonchev–Trinajstić information content (AvgIpc) is 2.73. The number of hydrogen-bond acceptors (Lipinski definition) is 5. The van der Waals surface area contributed by atoms with Crippen LogP contribution in [0.3, 0.4) is 0 Å². The molecule has 0 heterocycles. The van der Waals surface area contributed by atoms with Crippen LogP contribution >= 0.6 is 0 Å². The number of aliphatic hydroxyl groups is 1. The summed E-state index contributed by atoms with van der Waals surface area (Å²) in [7, 11) is -2.80. The van der Waals surface area contributed by atoms with Crippen molar-refractivity contribution >= 4 is 30.6 Å². The molecule has 0 amide bonds. The lowest BCUT2D eigenvalue weighted by molar-refractivity contribution is -0.153. The Morgan fingerprint density at radius 3 is 1.82 bits per heavy atom. The van der Waals surface area contributed by atoms with Crippen molar-refractivity contribution < 1.29 is 23.9 Å². The van der Waals surface area contributed by atoms with E-state index in [0.29, 0.717) is 0 Å². The summed E-state index contributed by atoms with van der Waals surface area (Å²) in [5.74, 6) is 1.29. The molecule has 2 aromatic carbocycles. The minimum Gasteiger partial charge on any atom is -0.460 e. The fraction of sp³-hybridized carbons (Fsp3) is 0.444. The molecule has 1 N–H and O–H groups in total. The zero-order valence-corrected chi connectivity index (χ0v) is 21.6. The molecule has 33 heavy (non-hydrogen) atoms. The standard InChI is InChI=1S/C27H36O5Si/c1-26(2,3)32-25(30)18-21(19-28)17-22(29)20-31-33(27(4,5)6,23-13-9-7-10-14-23)24-15-11-8-12-16-24/h7-16,22,29H,17-18,20H2,1-6H3. The second-order valence-corrected chi connectivity index (χ2v) is 14.6. The van der Waals surface area contributed by atoms with Gasteiger partial charge in [0.2, 0.25) is 0 Å². The Kier molecular flexibility index (Phi) is 8.98. The normalized spacial score (nSPS) is 13.2. The third-order valence-corrected chi connectivity index (χ3v) is 10.3. The summed E-state index contributed by atoms with van der Waals surface area (Å²) >= 11 is 0. The number of aliphatic hydroxyl groups excluding tert-OH is 1. The first-order valence-electron chi connectivity index (χ1n) is 11.3. The molecule has 2 rings (SSSR count). The van der Waals surface area contributed by atoms with E-state index in [9.17, 15) is 14.7 Å². The molecule has 1 unspecified atom stereocenters. The van der Waals surface area contributed by atoms with Crippen molar-refractivity contribution in [2.24, 2.45) is 0 Å². The van der Waals surface area contributed by atoms with Crippen molar-refractivity contribution in [1.29, 1.82) is 0 Å². The van der Waals surface area contributed by atoms with Gasteiger partial charge >= 0.3 is 5.97 Å². The van der Waals surface area contributed by atoms with E-state index < -0.39 is 26.0 Å². The van der Waals surface area contributed by atoms with Gasteiger partial charge in [0.1, 0.15) is 11.5 Å². The topological polar surface area (TPSA) is 72.8 Å². The highest BCUT2D eigenvalue weighted by molar-refractivity contribution is 6.99. The van der Waals surface area contributed by atoms with Crippen LogP contribution < -0.4 is 10.4 Å². The maximum Gasteiger partial charge on any atom is 0.311 e. The molecule has 2 aromatic rings. The molecule has 0 aromatic heterocycles. The number of benzene rings is 2. The summed E-state index contributed by atoms with van der Waals surface area (Å²) in [5.41, 5.74) is -0.474. The highest BCUT2D eigenvalue weighted by atomic mass is 28.4. The fourth-order valence-electron chi connectivity index (χ4n) is 4.03. The van der Waals surface area contributed by atoms with E-state index >= 15 is 0 Å².